The van der Waals surface area contributed by atoms with Gasteiger partial charge in [0.25, 0.3) is 0 Å². The van der Waals surface area contributed by atoms with Gasteiger partial charge in [-0.1, -0.05) is 47.6 Å². The Morgan fingerprint density at radius 3 is 2.64 bits per heavy atom. The summed E-state index contributed by atoms with van der Waals surface area (Å²) in [7, 11) is 0. The maximum absolute atomic E-state index is 12.0. The average Bonchev–Trinajstić information content (AvgIpc) is 3.07. The number of nitrogens with one attached hydrogen (secondary N) is 1. The summed E-state index contributed by atoms with van der Waals surface area (Å²) in [5, 5.41) is 6.31. The zero-order valence-electron chi connectivity index (χ0n) is 13.4. The molecule has 1 N–H and O–H groups in total. The molecule has 0 bridgehead atoms. The quantitative estimate of drug-likeness (QED) is 0.581. The predicted octanol–water partition coefficient (Wildman–Crippen LogP) is 2.73. The van der Waals surface area contributed by atoms with Crippen molar-refractivity contribution in [1.29, 1.82) is 0 Å². The molecular weight excluding hydrogens is 322 g/mol. The van der Waals surface area contributed by atoms with Gasteiger partial charge < -0.3 is 14.6 Å². The first-order chi connectivity index (χ1) is 12.1. The molecule has 0 aliphatic carbocycles. The lowest BCUT2D eigenvalue weighted by molar-refractivity contribution is -0.153. The van der Waals surface area contributed by atoms with E-state index >= 15 is 0 Å². The van der Waals surface area contributed by atoms with Gasteiger partial charge in [0.05, 0.1) is 0 Å². The van der Waals surface area contributed by atoms with Crippen LogP contribution in [0.3, 0.4) is 0 Å². The Morgan fingerprint density at radius 2 is 1.92 bits per heavy atom. The van der Waals surface area contributed by atoms with Crippen molar-refractivity contribution in [3.63, 3.8) is 0 Å². The SMILES string of the molecule is Cc1nc(-c2cccc(NC(=O)C(=O)OCc3ccccc3)c2)no1. The second-order valence-electron chi connectivity index (χ2n) is 5.23. The molecule has 7 heteroatoms. The van der Waals surface area contributed by atoms with Gasteiger partial charge in [-0.3, -0.25) is 4.79 Å². The molecule has 0 aliphatic rings. The highest BCUT2D eigenvalue weighted by Crippen LogP contribution is 2.20. The molecule has 0 radical (unpaired) electrons. The minimum Gasteiger partial charge on any atom is -0.454 e. The molecule has 1 amide bonds. The average molecular weight is 337 g/mol. The van der Waals surface area contributed by atoms with E-state index in [0.717, 1.165) is 5.56 Å². The molecule has 0 unspecified atom stereocenters. The number of carbonyl (C=O) groups is 2. The lowest BCUT2D eigenvalue weighted by atomic mass is 10.2. The Hall–Kier alpha value is -3.48. The van der Waals surface area contributed by atoms with E-state index in [0.29, 0.717) is 23.0 Å². The van der Waals surface area contributed by atoms with Crippen LogP contribution in [0.15, 0.2) is 59.1 Å². The normalized spacial score (nSPS) is 10.3. The van der Waals surface area contributed by atoms with Crippen LogP contribution < -0.4 is 5.32 Å². The number of amides is 1. The number of carbonyl (C=O) groups excluding carboxylic acids is 2. The summed E-state index contributed by atoms with van der Waals surface area (Å²) in [5.74, 6) is -0.962. The Bertz CT molecular complexity index is 890. The first-order valence-electron chi connectivity index (χ1n) is 7.54. The van der Waals surface area contributed by atoms with E-state index in [9.17, 15) is 9.59 Å². The first kappa shape index (κ1) is 16.4. The number of aromatic nitrogens is 2. The number of hydrogen-bond donors (Lipinski definition) is 1. The second-order valence-corrected chi connectivity index (χ2v) is 5.23. The fourth-order valence-corrected chi connectivity index (χ4v) is 2.12. The number of aryl methyl sites for hydroxylation is 1. The molecule has 3 aromatic rings. The number of nitrogens with zero attached hydrogens (tertiary/aromatic N) is 2. The lowest BCUT2D eigenvalue weighted by Crippen LogP contribution is -2.24. The zero-order valence-corrected chi connectivity index (χ0v) is 13.4. The van der Waals surface area contributed by atoms with Gasteiger partial charge in [-0.15, -0.1) is 0 Å². The zero-order chi connectivity index (χ0) is 17.6. The van der Waals surface area contributed by atoms with Crippen molar-refractivity contribution in [2.24, 2.45) is 0 Å². The van der Waals surface area contributed by atoms with Gasteiger partial charge in [0.2, 0.25) is 11.7 Å². The number of hydrogen-bond acceptors (Lipinski definition) is 6. The largest absolute Gasteiger partial charge is 0.454 e. The third-order valence-corrected chi connectivity index (χ3v) is 3.30. The maximum atomic E-state index is 12.0. The highest BCUT2D eigenvalue weighted by molar-refractivity contribution is 6.37. The van der Waals surface area contributed by atoms with Crippen LogP contribution in [0.1, 0.15) is 11.5 Å². The van der Waals surface area contributed by atoms with E-state index in [1.54, 1.807) is 31.2 Å². The van der Waals surface area contributed by atoms with Crippen molar-refractivity contribution in [3.8, 4) is 11.4 Å². The van der Waals surface area contributed by atoms with Crippen LogP contribution >= 0.6 is 0 Å². The summed E-state index contributed by atoms with van der Waals surface area (Å²) in [6, 6.07) is 15.9. The van der Waals surface area contributed by atoms with Crippen molar-refractivity contribution < 1.29 is 18.8 Å². The summed E-state index contributed by atoms with van der Waals surface area (Å²) in [6.45, 7) is 1.72. The molecule has 0 fully saturated rings. The molecule has 126 valence electrons. The number of esters is 1. The standard InChI is InChI=1S/C18H15N3O4/c1-12-19-16(21-25-12)14-8-5-9-15(10-14)20-17(22)18(23)24-11-13-6-3-2-4-7-13/h2-10H,11H2,1H3,(H,20,22). The van der Waals surface area contributed by atoms with Crippen LogP contribution in [0.25, 0.3) is 11.4 Å². The molecule has 25 heavy (non-hydrogen) atoms. The Balaban J connectivity index is 1.61. The summed E-state index contributed by atoms with van der Waals surface area (Å²) in [6.07, 6.45) is 0. The van der Waals surface area contributed by atoms with E-state index in [4.69, 9.17) is 9.26 Å². The Kier molecular flexibility index (Phi) is 4.84. The van der Waals surface area contributed by atoms with Gasteiger partial charge in [-0.25, -0.2) is 4.79 Å². The van der Waals surface area contributed by atoms with Gasteiger partial charge in [0, 0.05) is 18.2 Å². The van der Waals surface area contributed by atoms with E-state index in [1.165, 1.54) is 0 Å². The molecule has 7 nitrogen and oxygen atoms in total. The van der Waals surface area contributed by atoms with E-state index in [-0.39, 0.29) is 6.61 Å². The molecule has 0 atom stereocenters. The monoisotopic (exact) mass is 337 g/mol. The summed E-state index contributed by atoms with van der Waals surface area (Å²) in [4.78, 5) is 27.9. The van der Waals surface area contributed by atoms with Gasteiger partial charge in [0.1, 0.15) is 6.61 Å². The molecular formula is C18H15N3O4. The number of anilines is 1. The van der Waals surface area contributed by atoms with Crippen molar-refractivity contribution in [2.45, 2.75) is 13.5 Å². The van der Waals surface area contributed by atoms with Gasteiger partial charge in [-0.2, -0.15) is 4.98 Å². The molecule has 0 spiro atoms. The van der Waals surface area contributed by atoms with Crippen LogP contribution in [0.2, 0.25) is 0 Å². The highest BCUT2D eigenvalue weighted by Gasteiger charge is 2.16. The van der Waals surface area contributed by atoms with Crippen molar-refractivity contribution in [3.05, 3.63) is 66.1 Å². The van der Waals surface area contributed by atoms with Gasteiger partial charge in [0.15, 0.2) is 0 Å². The Labute approximate surface area is 143 Å². The minimum atomic E-state index is -0.954. The summed E-state index contributed by atoms with van der Waals surface area (Å²) in [5.41, 5.74) is 1.90. The van der Waals surface area contributed by atoms with Crippen LogP contribution in [0, 0.1) is 6.92 Å². The molecule has 1 aromatic heterocycles. The van der Waals surface area contributed by atoms with Crippen molar-refractivity contribution >= 4 is 17.6 Å². The van der Waals surface area contributed by atoms with Crippen LogP contribution in [0.5, 0.6) is 0 Å². The molecule has 2 aromatic carbocycles. The van der Waals surface area contributed by atoms with Gasteiger partial charge >= 0.3 is 11.9 Å². The maximum Gasteiger partial charge on any atom is 0.397 e. The number of rotatable bonds is 4. The summed E-state index contributed by atoms with van der Waals surface area (Å²) >= 11 is 0. The van der Waals surface area contributed by atoms with Crippen LogP contribution in [-0.2, 0) is 20.9 Å². The van der Waals surface area contributed by atoms with Gasteiger partial charge in [-0.05, 0) is 17.7 Å². The lowest BCUT2D eigenvalue weighted by Gasteiger charge is -2.07. The molecule has 0 saturated carbocycles. The predicted molar refractivity (Wildman–Crippen MR) is 89.3 cm³/mol. The van der Waals surface area contributed by atoms with E-state index in [1.807, 2.05) is 30.3 Å². The fourth-order valence-electron chi connectivity index (χ4n) is 2.12. The third kappa shape index (κ3) is 4.29. The molecule has 0 aliphatic heterocycles. The summed E-state index contributed by atoms with van der Waals surface area (Å²) < 4.78 is 9.92. The minimum absolute atomic E-state index is 0.0370. The smallest absolute Gasteiger partial charge is 0.397 e. The van der Waals surface area contributed by atoms with Crippen molar-refractivity contribution in [2.75, 3.05) is 5.32 Å². The molecule has 1 heterocycles. The first-order valence-corrected chi connectivity index (χ1v) is 7.54. The molecule has 3 rings (SSSR count). The Morgan fingerprint density at radius 1 is 1.12 bits per heavy atom. The number of benzene rings is 2. The van der Waals surface area contributed by atoms with E-state index in [2.05, 4.69) is 15.5 Å². The van der Waals surface area contributed by atoms with Crippen LogP contribution in [-0.4, -0.2) is 22.0 Å². The van der Waals surface area contributed by atoms with Crippen LogP contribution in [0.4, 0.5) is 5.69 Å². The van der Waals surface area contributed by atoms with E-state index < -0.39 is 11.9 Å². The highest BCUT2D eigenvalue weighted by atomic mass is 16.5. The fraction of sp³-hybridized carbons (Fsp3) is 0.111. The third-order valence-electron chi connectivity index (χ3n) is 3.30. The topological polar surface area (TPSA) is 94.3 Å². The number of ether oxygens (including phenoxy) is 1. The van der Waals surface area contributed by atoms with Crippen molar-refractivity contribution in [1.82, 2.24) is 10.1 Å². The second kappa shape index (κ2) is 7.39. The molecule has 0 saturated heterocycles.